The van der Waals surface area contributed by atoms with E-state index < -0.39 is 0 Å². The SMILES string of the molecule is COc1ccc(NC(=O)c2cncc(NC(C)c3ccccc3)c2)cc1Cl. The molecule has 0 aliphatic heterocycles. The van der Waals surface area contributed by atoms with E-state index in [4.69, 9.17) is 16.3 Å². The van der Waals surface area contributed by atoms with Crippen LogP contribution in [-0.4, -0.2) is 18.0 Å². The van der Waals surface area contributed by atoms with Crippen molar-refractivity contribution in [1.29, 1.82) is 0 Å². The zero-order valence-electron chi connectivity index (χ0n) is 15.1. The zero-order chi connectivity index (χ0) is 19.2. The Labute approximate surface area is 163 Å². The number of benzene rings is 2. The predicted octanol–water partition coefficient (Wildman–Crippen LogP) is 5.17. The van der Waals surface area contributed by atoms with Crippen LogP contribution in [0.1, 0.15) is 28.9 Å². The fourth-order valence-electron chi connectivity index (χ4n) is 2.67. The molecular formula is C21H20ClN3O2. The van der Waals surface area contributed by atoms with Crippen molar-refractivity contribution in [3.05, 3.63) is 83.1 Å². The molecule has 3 rings (SSSR count). The largest absolute Gasteiger partial charge is 0.495 e. The lowest BCUT2D eigenvalue weighted by Gasteiger charge is -2.16. The monoisotopic (exact) mass is 381 g/mol. The van der Waals surface area contributed by atoms with E-state index in [9.17, 15) is 4.79 Å². The van der Waals surface area contributed by atoms with Gasteiger partial charge in [0.15, 0.2) is 0 Å². The first-order valence-corrected chi connectivity index (χ1v) is 8.86. The molecule has 0 spiro atoms. The van der Waals surface area contributed by atoms with Crippen molar-refractivity contribution in [2.45, 2.75) is 13.0 Å². The summed E-state index contributed by atoms with van der Waals surface area (Å²) in [5.74, 6) is 0.289. The summed E-state index contributed by atoms with van der Waals surface area (Å²) in [5, 5.41) is 6.61. The molecule has 0 fully saturated rings. The molecular weight excluding hydrogens is 362 g/mol. The van der Waals surface area contributed by atoms with Crippen molar-refractivity contribution in [1.82, 2.24) is 4.98 Å². The molecule has 1 amide bonds. The highest BCUT2D eigenvalue weighted by Gasteiger charge is 2.11. The van der Waals surface area contributed by atoms with Crippen molar-refractivity contribution >= 4 is 28.9 Å². The van der Waals surface area contributed by atoms with Crippen molar-refractivity contribution in [2.75, 3.05) is 17.7 Å². The number of nitrogens with one attached hydrogen (secondary N) is 2. The van der Waals surface area contributed by atoms with Crippen LogP contribution in [0.25, 0.3) is 0 Å². The van der Waals surface area contributed by atoms with Crippen LogP contribution in [0.5, 0.6) is 5.75 Å². The van der Waals surface area contributed by atoms with E-state index in [1.165, 1.54) is 6.20 Å². The number of carbonyl (C=O) groups excluding carboxylic acids is 1. The second kappa shape index (κ2) is 8.56. The Balaban J connectivity index is 1.71. The maximum absolute atomic E-state index is 12.5. The van der Waals surface area contributed by atoms with Gasteiger partial charge in [-0.05, 0) is 36.8 Å². The Hall–Kier alpha value is -3.05. The number of hydrogen-bond donors (Lipinski definition) is 2. The van der Waals surface area contributed by atoms with E-state index >= 15 is 0 Å². The first-order chi connectivity index (χ1) is 13.1. The Morgan fingerprint density at radius 3 is 2.56 bits per heavy atom. The maximum atomic E-state index is 12.5. The Morgan fingerprint density at radius 1 is 1.07 bits per heavy atom. The lowest BCUT2D eigenvalue weighted by atomic mass is 10.1. The minimum absolute atomic E-state index is 0.0895. The zero-order valence-corrected chi connectivity index (χ0v) is 15.8. The predicted molar refractivity (Wildman–Crippen MR) is 109 cm³/mol. The number of nitrogens with zero attached hydrogens (tertiary/aromatic N) is 1. The van der Waals surface area contributed by atoms with Gasteiger partial charge in [0.2, 0.25) is 0 Å². The number of anilines is 2. The van der Waals surface area contributed by atoms with Gasteiger partial charge in [0.25, 0.3) is 5.91 Å². The molecule has 2 aromatic carbocycles. The fourth-order valence-corrected chi connectivity index (χ4v) is 2.92. The summed E-state index contributed by atoms with van der Waals surface area (Å²) in [7, 11) is 1.54. The summed E-state index contributed by atoms with van der Waals surface area (Å²) in [5.41, 5.74) is 2.96. The Bertz CT molecular complexity index is 932. The average Bonchev–Trinajstić information content (AvgIpc) is 2.69. The summed E-state index contributed by atoms with van der Waals surface area (Å²) in [6, 6.07) is 17.0. The van der Waals surface area contributed by atoms with E-state index in [-0.39, 0.29) is 11.9 Å². The summed E-state index contributed by atoms with van der Waals surface area (Å²) < 4.78 is 5.12. The molecule has 0 aliphatic rings. The fraction of sp³-hybridized carbons (Fsp3) is 0.143. The molecule has 138 valence electrons. The van der Waals surface area contributed by atoms with Gasteiger partial charge >= 0.3 is 0 Å². The van der Waals surface area contributed by atoms with Crippen LogP contribution < -0.4 is 15.4 Å². The normalized spacial score (nSPS) is 11.5. The number of hydrogen-bond acceptors (Lipinski definition) is 4. The number of methoxy groups -OCH3 is 1. The van der Waals surface area contributed by atoms with Gasteiger partial charge in [-0.25, -0.2) is 0 Å². The number of pyridine rings is 1. The molecule has 1 heterocycles. The van der Waals surface area contributed by atoms with Crippen LogP contribution in [0.15, 0.2) is 67.0 Å². The summed E-state index contributed by atoms with van der Waals surface area (Å²) in [6.07, 6.45) is 3.22. The van der Waals surface area contributed by atoms with Crippen molar-refractivity contribution in [3.63, 3.8) is 0 Å². The van der Waals surface area contributed by atoms with E-state index in [1.807, 2.05) is 18.2 Å². The number of aromatic nitrogens is 1. The van der Waals surface area contributed by atoms with E-state index in [0.29, 0.717) is 22.0 Å². The van der Waals surface area contributed by atoms with Crippen LogP contribution in [0, 0.1) is 0 Å². The second-order valence-corrected chi connectivity index (χ2v) is 6.45. The molecule has 0 saturated carbocycles. The third-order valence-electron chi connectivity index (χ3n) is 4.09. The second-order valence-electron chi connectivity index (χ2n) is 6.04. The smallest absolute Gasteiger partial charge is 0.257 e. The number of halogens is 1. The standard InChI is InChI=1S/C21H20ClN3O2/c1-14(15-6-4-3-5-7-15)24-18-10-16(12-23-13-18)21(26)25-17-8-9-20(27-2)19(22)11-17/h3-14,24H,1-2H3,(H,25,26). The topological polar surface area (TPSA) is 63.2 Å². The molecule has 0 bridgehead atoms. The van der Waals surface area contributed by atoms with Crippen molar-refractivity contribution in [3.8, 4) is 5.75 Å². The molecule has 6 heteroatoms. The van der Waals surface area contributed by atoms with Crippen LogP contribution in [0.4, 0.5) is 11.4 Å². The summed E-state index contributed by atoms with van der Waals surface area (Å²) >= 11 is 6.10. The molecule has 3 aromatic rings. The van der Waals surface area contributed by atoms with Gasteiger partial charge in [-0.15, -0.1) is 0 Å². The third-order valence-corrected chi connectivity index (χ3v) is 4.39. The molecule has 5 nitrogen and oxygen atoms in total. The molecule has 2 N–H and O–H groups in total. The van der Waals surface area contributed by atoms with Gasteiger partial charge in [0.1, 0.15) is 5.75 Å². The summed E-state index contributed by atoms with van der Waals surface area (Å²) in [4.78, 5) is 16.7. The van der Waals surface area contributed by atoms with Crippen LogP contribution in [0.3, 0.4) is 0 Å². The van der Waals surface area contributed by atoms with E-state index in [1.54, 1.807) is 37.6 Å². The number of carbonyl (C=O) groups is 1. The minimum Gasteiger partial charge on any atom is -0.495 e. The third kappa shape index (κ3) is 4.77. The van der Waals surface area contributed by atoms with Gasteiger partial charge in [0, 0.05) is 24.1 Å². The molecule has 0 saturated heterocycles. The molecule has 0 radical (unpaired) electrons. The molecule has 0 aliphatic carbocycles. The quantitative estimate of drug-likeness (QED) is 0.618. The van der Waals surface area contributed by atoms with Gasteiger partial charge in [-0.1, -0.05) is 41.9 Å². The lowest BCUT2D eigenvalue weighted by Crippen LogP contribution is -2.13. The number of amides is 1. The molecule has 1 atom stereocenters. The number of rotatable bonds is 6. The molecule has 1 unspecified atom stereocenters. The van der Waals surface area contributed by atoms with Crippen LogP contribution in [0.2, 0.25) is 5.02 Å². The first kappa shape index (κ1) is 18.7. The number of ether oxygens (including phenoxy) is 1. The van der Waals surface area contributed by atoms with Gasteiger partial charge in [0.05, 0.1) is 23.4 Å². The lowest BCUT2D eigenvalue weighted by molar-refractivity contribution is 0.102. The van der Waals surface area contributed by atoms with E-state index in [0.717, 1.165) is 11.3 Å². The highest BCUT2D eigenvalue weighted by Crippen LogP contribution is 2.27. The highest BCUT2D eigenvalue weighted by atomic mass is 35.5. The van der Waals surface area contributed by atoms with Crippen LogP contribution >= 0.6 is 11.6 Å². The molecule has 27 heavy (non-hydrogen) atoms. The average molecular weight is 382 g/mol. The minimum atomic E-state index is -0.264. The van der Waals surface area contributed by atoms with Crippen molar-refractivity contribution < 1.29 is 9.53 Å². The van der Waals surface area contributed by atoms with E-state index in [2.05, 4.69) is 34.7 Å². The Kier molecular flexibility index (Phi) is 5.94. The van der Waals surface area contributed by atoms with Crippen molar-refractivity contribution in [2.24, 2.45) is 0 Å². The first-order valence-electron chi connectivity index (χ1n) is 8.48. The summed E-state index contributed by atoms with van der Waals surface area (Å²) in [6.45, 7) is 2.06. The van der Waals surface area contributed by atoms with Crippen LogP contribution in [-0.2, 0) is 0 Å². The maximum Gasteiger partial charge on any atom is 0.257 e. The Morgan fingerprint density at radius 2 is 1.85 bits per heavy atom. The van der Waals surface area contributed by atoms with Gasteiger partial charge in [-0.3, -0.25) is 9.78 Å². The van der Waals surface area contributed by atoms with Gasteiger partial charge in [-0.2, -0.15) is 0 Å². The highest BCUT2D eigenvalue weighted by molar-refractivity contribution is 6.32. The molecule has 1 aromatic heterocycles. The van der Waals surface area contributed by atoms with Gasteiger partial charge < -0.3 is 15.4 Å².